The van der Waals surface area contributed by atoms with Gasteiger partial charge in [-0.2, -0.15) is 0 Å². The van der Waals surface area contributed by atoms with Gasteiger partial charge in [-0.1, -0.05) is 18.2 Å². The lowest BCUT2D eigenvalue weighted by atomic mass is 10.2. The van der Waals surface area contributed by atoms with Crippen molar-refractivity contribution in [1.29, 1.82) is 0 Å². The number of benzene rings is 1. The minimum absolute atomic E-state index is 0.637. The van der Waals surface area contributed by atoms with Gasteiger partial charge < -0.3 is 14.8 Å². The summed E-state index contributed by atoms with van der Waals surface area (Å²) in [6.45, 7) is 4.26. The summed E-state index contributed by atoms with van der Waals surface area (Å²) in [5.74, 6) is 1.63. The molecular weight excluding hydrogens is 258 g/mol. The van der Waals surface area contributed by atoms with Gasteiger partial charge in [-0.3, -0.25) is 0 Å². The molecule has 0 amide bonds. The van der Waals surface area contributed by atoms with E-state index in [1.165, 1.54) is 4.88 Å². The minimum Gasteiger partial charge on any atom is -0.493 e. The van der Waals surface area contributed by atoms with E-state index in [0.29, 0.717) is 6.61 Å². The smallest absolute Gasteiger partial charge is 0.165 e. The summed E-state index contributed by atoms with van der Waals surface area (Å²) in [6.07, 6.45) is 0. The van der Waals surface area contributed by atoms with Gasteiger partial charge in [-0.15, -0.1) is 11.3 Å². The fraction of sp³-hybridized carbons (Fsp3) is 0.333. The van der Waals surface area contributed by atoms with Crippen molar-refractivity contribution in [2.75, 3.05) is 13.7 Å². The Morgan fingerprint density at radius 2 is 2.05 bits per heavy atom. The van der Waals surface area contributed by atoms with Gasteiger partial charge in [0.2, 0.25) is 0 Å². The van der Waals surface area contributed by atoms with Crippen LogP contribution in [0.15, 0.2) is 35.7 Å². The van der Waals surface area contributed by atoms with Crippen molar-refractivity contribution in [3.63, 3.8) is 0 Å². The first-order valence-electron chi connectivity index (χ1n) is 6.37. The molecule has 2 aromatic rings. The zero-order valence-electron chi connectivity index (χ0n) is 11.3. The van der Waals surface area contributed by atoms with Crippen LogP contribution >= 0.6 is 11.3 Å². The van der Waals surface area contributed by atoms with Crippen molar-refractivity contribution in [3.8, 4) is 11.5 Å². The van der Waals surface area contributed by atoms with Crippen LogP contribution in [0.25, 0.3) is 0 Å². The van der Waals surface area contributed by atoms with E-state index in [9.17, 15) is 0 Å². The van der Waals surface area contributed by atoms with E-state index >= 15 is 0 Å². The van der Waals surface area contributed by atoms with E-state index in [2.05, 4.69) is 28.9 Å². The van der Waals surface area contributed by atoms with Crippen molar-refractivity contribution in [2.45, 2.75) is 20.0 Å². The number of ether oxygens (including phenoxy) is 2. The van der Waals surface area contributed by atoms with Crippen LogP contribution in [-0.2, 0) is 13.1 Å². The number of thiophene rings is 1. The van der Waals surface area contributed by atoms with Crippen LogP contribution in [0.2, 0.25) is 0 Å². The third-order valence-electron chi connectivity index (χ3n) is 2.76. The molecule has 2 rings (SSSR count). The third kappa shape index (κ3) is 3.72. The normalized spacial score (nSPS) is 10.4. The Kier molecular flexibility index (Phi) is 5.24. The predicted molar refractivity (Wildman–Crippen MR) is 79.0 cm³/mol. The lowest BCUT2D eigenvalue weighted by molar-refractivity contribution is 0.307. The van der Waals surface area contributed by atoms with Crippen LogP contribution in [0.5, 0.6) is 11.5 Å². The second-order valence-electron chi connectivity index (χ2n) is 4.06. The SMILES string of the molecule is CCOc1c(CNCc2cccs2)cccc1OC. The van der Waals surface area contributed by atoms with Crippen molar-refractivity contribution < 1.29 is 9.47 Å². The van der Waals surface area contributed by atoms with Crippen molar-refractivity contribution in [2.24, 2.45) is 0 Å². The molecule has 0 radical (unpaired) electrons. The molecule has 1 N–H and O–H groups in total. The lowest BCUT2D eigenvalue weighted by Gasteiger charge is -2.14. The maximum Gasteiger partial charge on any atom is 0.165 e. The topological polar surface area (TPSA) is 30.5 Å². The molecule has 1 aromatic carbocycles. The number of methoxy groups -OCH3 is 1. The summed E-state index contributed by atoms with van der Waals surface area (Å²) in [4.78, 5) is 1.33. The van der Waals surface area contributed by atoms with E-state index in [1.807, 2.05) is 19.1 Å². The Balaban J connectivity index is 2.02. The standard InChI is InChI=1S/C15H19NO2S/c1-3-18-15-12(6-4-8-14(15)17-2)10-16-11-13-7-5-9-19-13/h4-9,16H,3,10-11H2,1-2H3. The van der Waals surface area contributed by atoms with E-state index in [4.69, 9.17) is 9.47 Å². The van der Waals surface area contributed by atoms with Crippen LogP contribution in [0.3, 0.4) is 0 Å². The average molecular weight is 277 g/mol. The molecule has 0 aliphatic carbocycles. The number of nitrogens with one attached hydrogen (secondary N) is 1. The number of para-hydroxylation sites is 1. The van der Waals surface area contributed by atoms with Crippen molar-refractivity contribution in [3.05, 3.63) is 46.2 Å². The molecule has 0 unspecified atom stereocenters. The molecule has 0 spiro atoms. The molecule has 0 aliphatic rings. The van der Waals surface area contributed by atoms with Gasteiger partial charge >= 0.3 is 0 Å². The summed E-state index contributed by atoms with van der Waals surface area (Å²) in [5, 5.41) is 5.52. The van der Waals surface area contributed by atoms with Gasteiger partial charge in [0.1, 0.15) is 0 Å². The van der Waals surface area contributed by atoms with Crippen LogP contribution in [0.4, 0.5) is 0 Å². The molecule has 1 heterocycles. The van der Waals surface area contributed by atoms with Gasteiger partial charge in [0.05, 0.1) is 13.7 Å². The van der Waals surface area contributed by atoms with E-state index < -0.39 is 0 Å². The predicted octanol–water partition coefficient (Wildman–Crippen LogP) is 3.45. The fourth-order valence-corrected chi connectivity index (χ4v) is 2.58. The summed E-state index contributed by atoms with van der Waals surface area (Å²) in [7, 11) is 1.67. The Bertz CT molecular complexity index is 497. The van der Waals surface area contributed by atoms with Crippen LogP contribution in [0, 0.1) is 0 Å². The highest BCUT2D eigenvalue weighted by Gasteiger charge is 2.09. The summed E-state index contributed by atoms with van der Waals surface area (Å²) in [5.41, 5.74) is 1.12. The van der Waals surface area contributed by atoms with Gasteiger partial charge in [0, 0.05) is 23.5 Å². The molecule has 0 aliphatic heterocycles. The molecule has 0 saturated carbocycles. The molecule has 0 atom stereocenters. The zero-order valence-corrected chi connectivity index (χ0v) is 12.1. The summed E-state index contributed by atoms with van der Waals surface area (Å²) >= 11 is 1.76. The van der Waals surface area contributed by atoms with E-state index in [-0.39, 0.29) is 0 Å². The molecule has 19 heavy (non-hydrogen) atoms. The highest BCUT2D eigenvalue weighted by molar-refractivity contribution is 7.09. The van der Waals surface area contributed by atoms with Crippen molar-refractivity contribution in [1.82, 2.24) is 5.32 Å². The maximum absolute atomic E-state index is 5.68. The molecule has 0 bridgehead atoms. The van der Waals surface area contributed by atoms with Gasteiger partial charge in [-0.05, 0) is 24.4 Å². The quantitative estimate of drug-likeness (QED) is 0.841. The van der Waals surface area contributed by atoms with Gasteiger partial charge in [0.15, 0.2) is 11.5 Å². The molecule has 4 heteroatoms. The second-order valence-corrected chi connectivity index (χ2v) is 5.10. The summed E-state index contributed by atoms with van der Waals surface area (Å²) < 4.78 is 11.0. The van der Waals surface area contributed by atoms with Crippen molar-refractivity contribution >= 4 is 11.3 Å². The van der Waals surface area contributed by atoms with Gasteiger partial charge in [-0.25, -0.2) is 0 Å². The molecule has 102 valence electrons. The van der Waals surface area contributed by atoms with Crippen LogP contribution < -0.4 is 14.8 Å². The maximum atomic E-state index is 5.68. The number of rotatable bonds is 7. The first-order chi connectivity index (χ1) is 9.35. The second kappa shape index (κ2) is 7.16. The molecule has 0 saturated heterocycles. The van der Waals surface area contributed by atoms with Crippen LogP contribution in [0.1, 0.15) is 17.4 Å². The molecule has 1 aromatic heterocycles. The average Bonchev–Trinajstić information content (AvgIpc) is 2.94. The first-order valence-corrected chi connectivity index (χ1v) is 7.25. The molecular formula is C15H19NO2S. The first kappa shape index (κ1) is 13.9. The Morgan fingerprint density at radius 3 is 2.74 bits per heavy atom. The Hall–Kier alpha value is -1.52. The number of hydrogen-bond acceptors (Lipinski definition) is 4. The van der Waals surface area contributed by atoms with E-state index in [0.717, 1.165) is 30.2 Å². The zero-order chi connectivity index (χ0) is 13.5. The highest BCUT2D eigenvalue weighted by atomic mass is 32.1. The summed E-state index contributed by atoms with van der Waals surface area (Å²) in [6, 6.07) is 10.2. The fourth-order valence-electron chi connectivity index (χ4n) is 1.90. The van der Waals surface area contributed by atoms with Gasteiger partial charge in [0.25, 0.3) is 0 Å². The Labute approximate surface area is 118 Å². The monoisotopic (exact) mass is 277 g/mol. The third-order valence-corrected chi connectivity index (χ3v) is 3.64. The lowest BCUT2D eigenvalue weighted by Crippen LogP contribution is -2.13. The number of hydrogen-bond donors (Lipinski definition) is 1. The van der Waals surface area contributed by atoms with Crippen LogP contribution in [-0.4, -0.2) is 13.7 Å². The molecule has 0 fully saturated rings. The van der Waals surface area contributed by atoms with E-state index in [1.54, 1.807) is 18.4 Å². The highest BCUT2D eigenvalue weighted by Crippen LogP contribution is 2.31. The largest absolute Gasteiger partial charge is 0.493 e. The minimum atomic E-state index is 0.637. The Morgan fingerprint density at radius 1 is 1.16 bits per heavy atom. The molecule has 3 nitrogen and oxygen atoms in total.